The molecule has 39 heavy (non-hydrogen) atoms. The third-order valence-corrected chi connectivity index (χ3v) is 7.88. The zero-order chi connectivity index (χ0) is 27.9. The molecule has 1 saturated heterocycles. The molecule has 202 valence electrons. The first-order valence-electron chi connectivity index (χ1n) is 12.6. The zero-order valence-corrected chi connectivity index (χ0v) is 24.2. The third-order valence-electron chi connectivity index (χ3n) is 6.96. The van der Waals surface area contributed by atoms with Gasteiger partial charge in [0.1, 0.15) is 0 Å². The van der Waals surface area contributed by atoms with E-state index in [1.54, 1.807) is 18.3 Å². The Morgan fingerprint density at radius 3 is 2.23 bits per heavy atom. The summed E-state index contributed by atoms with van der Waals surface area (Å²) in [6.45, 7) is 4.25. The molecule has 0 bridgehead atoms. The van der Waals surface area contributed by atoms with Crippen molar-refractivity contribution < 1.29 is 8.42 Å². The second-order valence-corrected chi connectivity index (χ2v) is 12.1. The first-order chi connectivity index (χ1) is 18.5. The number of pyridine rings is 1. The monoisotopic (exact) mass is 560 g/mol. The SMILES string of the molecule is Cc1cc([C@H]2[C@@H](c3ccccn3)NC(=S)N2c2ccc(NS(C)(=O)=O)cc2)c(C)n1-c1ccc(N(C)C)cc1. The van der Waals surface area contributed by atoms with Crippen LogP contribution in [-0.4, -0.2) is 43.4 Å². The molecule has 8 nitrogen and oxygen atoms in total. The van der Waals surface area contributed by atoms with Crippen molar-refractivity contribution in [2.75, 3.05) is 34.9 Å². The first-order valence-corrected chi connectivity index (χ1v) is 14.9. The van der Waals surface area contributed by atoms with Crippen LogP contribution in [0.3, 0.4) is 0 Å². The molecule has 0 unspecified atom stereocenters. The highest BCUT2D eigenvalue weighted by Gasteiger charge is 2.42. The molecule has 0 spiro atoms. The maximum absolute atomic E-state index is 11.7. The summed E-state index contributed by atoms with van der Waals surface area (Å²) in [4.78, 5) is 8.84. The fraction of sp³-hybridized carbons (Fsp3) is 0.241. The average Bonchev–Trinajstić information content (AvgIpc) is 3.39. The van der Waals surface area contributed by atoms with Gasteiger partial charge in [-0.15, -0.1) is 0 Å². The Morgan fingerprint density at radius 2 is 1.64 bits per heavy atom. The van der Waals surface area contributed by atoms with E-state index in [1.807, 2.05) is 44.4 Å². The minimum absolute atomic E-state index is 0.179. The topological polar surface area (TPSA) is 82.5 Å². The number of hydrogen-bond donors (Lipinski definition) is 2. The van der Waals surface area contributed by atoms with E-state index >= 15 is 0 Å². The second-order valence-electron chi connectivity index (χ2n) is 9.99. The molecule has 0 saturated carbocycles. The molecule has 2 aromatic heterocycles. The van der Waals surface area contributed by atoms with Crippen molar-refractivity contribution in [3.05, 3.63) is 102 Å². The summed E-state index contributed by atoms with van der Waals surface area (Å²) in [5.41, 5.74) is 7.84. The van der Waals surface area contributed by atoms with Gasteiger partial charge in [0, 0.05) is 54.4 Å². The van der Waals surface area contributed by atoms with Gasteiger partial charge in [-0.2, -0.15) is 0 Å². The molecule has 3 heterocycles. The molecular weight excluding hydrogens is 528 g/mol. The van der Waals surface area contributed by atoms with Gasteiger partial charge in [-0.25, -0.2) is 8.42 Å². The lowest BCUT2D eigenvalue weighted by atomic mass is 9.96. The average molecular weight is 561 g/mol. The van der Waals surface area contributed by atoms with Gasteiger partial charge in [0.05, 0.1) is 24.0 Å². The fourth-order valence-electron chi connectivity index (χ4n) is 5.24. The highest BCUT2D eigenvalue weighted by Crippen LogP contribution is 2.44. The van der Waals surface area contributed by atoms with Gasteiger partial charge in [0.15, 0.2) is 5.11 Å². The van der Waals surface area contributed by atoms with Crippen LogP contribution < -0.4 is 19.8 Å². The Balaban J connectivity index is 1.60. The van der Waals surface area contributed by atoms with Crippen molar-refractivity contribution in [3.63, 3.8) is 0 Å². The minimum Gasteiger partial charge on any atom is -0.378 e. The normalized spacial score (nSPS) is 17.3. The van der Waals surface area contributed by atoms with Gasteiger partial charge >= 0.3 is 0 Å². The van der Waals surface area contributed by atoms with Crippen LogP contribution in [0.15, 0.2) is 79.0 Å². The van der Waals surface area contributed by atoms with Crippen molar-refractivity contribution in [1.82, 2.24) is 14.9 Å². The van der Waals surface area contributed by atoms with Crippen molar-refractivity contribution in [2.45, 2.75) is 25.9 Å². The molecule has 1 fully saturated rings. The molecule has 2 N–H and O–H groups in total. The lowest BCUT2D eigenvalue weighted by molar-refractivity contribution is 0.565. The molecule has 0 radical (unpaired) electrons. The van der Waals surface area contributed by atoms with Gasteiger partial charge in [-0.1, -0.05) is 6.07 Å². The summed E-state index contributed by atoms with van der Waals surface area (Å²) in [5, 5.41) is 4.09. The molecular formula is C29H32N6O2S2. The van der Waals surface area contributed by atoms with Gasteiger partial charge in [-0.3, -0.25) is 9.71 Å². The highest BCUT2D eigenvalue weighted by atomic mass is 32.2. The maximum atomic E-state index is 11.7. The summed E-state index contributed by atoms with van der Waals surface area (Å²) in [5.74, 6) is 0. The Kier molecular flexibility index (Phi) is 7.09. The molecule has 4 aromatic rings. The van der Waals surface area contributed by atoms with Crippen LogP contribution in [-0.2, 0) is 10.0 Å². The highest BCUT2D eigenvalue weighted by molar-refractivity contribution is 7.92. The number of nitrogens with one attached hydrogen (secondary N) is 2. The minimum atomic E-state index is -3.38. The molecule has 5 rings (SSSR count). The van der Waals surface area contributed by atoms with E-state index in [1.165, 1.54) is 0 Å². The molecule has 0 aliphatic carbocycles. The van der Waals surface area contributed by atoms with Crippen LogP contribution in [0.1, 0.15) is 34.7 Å². The quantitative estimate of drug-likeness (QED) is 0.304. The van der Waals surface area contributed by atoms with E-state index in [-0.39, 0.29) is 12.1 Å². The van der Waals surface area contributed by atoms with Crippen LogP contribution in [0.5, 0.6) is 0 Å². The summed E-state index contributed by atoms with van der Waals surface area (Å²) < 4.78 is 28.2. The molecule has 2 aromatic carbocycles. The fourth-order valence-corrected chi connectivity index (χ4v) is 6.15. The van der Waals surface area contributed by atoms with Gasteiger partial charge < -0.3 is 19.7 Å². The lowest BCUT2D eigenvalue weighted by Crippen LogP contribution is -2.29. The molecule has 10 heteroatoms. The zero-order valence-electron chi connectivity index (χ0n) is 22.6. The predicted molar refractivity (Wildman–Crippen MR) is 162 cm³/mol. The molecule has 0 amide bonds. The van der Waals surface area contributed by atoms with Crippen LogP contribution in [0.25, 0.3) is 5.69 Å². The van der Waals surface area contributed by atoms with Gasteiger partial charge in [0.25, 0.3) is 0 Å². The summed E-state index contributed by atoms with van der Waals surface area (Å²) in [7, 11) is 0.691. The number of sulfonamides is 1. The second kappa shape index (κ2) is 10.3. The Hall–Kier alpha value is -3.89. The van der Waals surface area contributed by atoms with E-state index < -0.39 is 10.0 Å². The van der Waals surface area contributed by atoms with Crippen molar-refractivity contribution in [3.8, 4) is 5.69 Å². The van der Waals surface area contributed by atoms with Crippen LogP contribution in [0.2, 0.25) is 0 Å². The Morgan fingerprint density at radius 1 is 0.974 bits per heavy atom. The van der Waals surface area contributed by atoms with Gasteiger partial charge in [0.2, 0.25) is 10.0 Å². The number of thiocarbonyl (C=S) groups is 1. The summed E-state index contributed by atoms with van der Waals surface area (Å²) >= 11 is 5.88. The van der Waals surface area contributed by atoms with E-state index in [9.17, 15) is 8.42 Å². The Labute approximate surface area is 235 Å². The largest absolute Gasteiger partial charge is 0.378 e. The Bertz CT molecular complexity index is 1600. The number of nitrogens with zero attached hydrogens (tertiary/aromatic N) is 4. The third kappa shape index (κ3) is 5.35. The maximum Gasteiger partial charge on any atom is 0.229 e. The number of hydrogen-bond acceptors (Lipinski definition) is 5. The van der Waals surface area contributed by atoms with Crippen LogP contribution in [0, 0.1) is 13.8 Å². The number of benzene rings is 2. The number of aromatic nitrogens is 2. The molecule has 2 atom stereocenters. The number of aryl methyl sites for hydroxylation is 1. The number of rotatable bonds is 7. The number of anilines is 3. The summed E-state index contributed by atoms with van der Waals surface area (Å²) in [6, 6.07) is 23.5. The predicted octanol–water partition coefficient (Wildman–Crippen LogP) is 5.10. The lowest BCUT2D eigenvalue weighted by Gasteiger charge is -2.28. The standard InChI is InChI=1S/C29H32N6O2S2/c1-19-18-25(20(2)34(19)23-15-13-22(14-16-23)33(3)4)28-27(26-8-6-7-17-30-26)31-29(38)35(28)24-11-9-21(10-12-24)32-39(5,36)37/h6-18,27-28,32H,1-5H3,(H,31,38)/t27-,28+/m1/s1. The molecule has 1 aliphatic heterocycles. The van der Waals surface area contributed by atoms with E-state index in [0.717, 1.165) is 46.0 Å². The van der Waals surface area contributed by atoms with Crippen LogP contribution in [0.4, 0.5) is 17.1 Å². The van der Waals surface area contributed by atoms with Crippen molar-refractivity contribution >= 4 is 44.4 Å². The first kappa shape index (κ1) is 26.7. The molecule has 1 aliphatic rings. The van der Waals surface area contributed by atoms with Crippen molar-refractivity contribution in [1.29, 1.82) is 0 Å². The van der Waals surface area contributed by atoms with Crippen molar-refractivity contribution in [2.24, 2.45) is 0 Å². The van der Waals surface area contributed by atoms with E-state index in [4.69, 9.17) is 12.2 Å². The van der Waals surface area contributed by atoms with E-state index in [0.29, 0.717) is 10.8 Å². The smallest absolute Gasteiger partial charge is 0.229 e. The van der Waals surface area contributed by atoms with E-state index in [2.05, 4.69) is 73.6 Å². The van der Waals surface area contributed by atoms with Gasteiger partial charge in [-0.05, 0) is 98.4 Å². The van der Waals surface area contributed by atoms with Crippen LogP contribution >= 0.6 is 12.2 Å². The summed E-state index contributed by atoms with van der Waals surface area (Å²) in [6.07, 6.45) is 2.93.